The maximum absolute atomic E-state index is 11.2. The third kappa shape index (κ3) is 3.16. The molecule has 1 heterocycles. The molecule has 78 valence electrons. The van der Waals surface area contributed by atoms with Gasteiger partial charge in [-0.3, -0.25) is 4.79 Å². The van der Waals surface area contributed by atoms with Gasteiger partial charge in [-0.1, -0.05) is 0 Å². The van der Waals surface area contributed by atoms with E-state index < -0.39 is 6.04 Å². The Kier molecular flexibility index (Phi) is 4.10. The Morgan fingerprint density at radius 2 is 2.43 bits per heavy atom. The molecule has 5 heteroatoms. The summed E-state index contributed by atoms with van der Waals surface area (Å²) in [7, 11) is 0. The van der Waals surface area contributed by atoms with Crippen LogP contribution in [0.2, 0.25) is 0 Å². The summed E-state index contributed by atoms with van der Waals surface area (Å²) in [6.45, 7) is 0.373. The number of unbranched alkanes of at least 4 members (excludes halogenated alkanes) is 1. The molecule has 0 bridgehead atoms. The van der Waals surface area contributed by atoms with Gasteiger partial charge < -0.3 is 14.8 Å². The van der Waals surface area contributed by atoms with Crippen molar-refractivity contribution in [3.8, 4) is 0 Å². The van der Waals surface area contributed by atoms with E-state index in [1.165, 1.54) is 0 Å². The second-order valence-corrected chi connectivity index (χ2v) is 3.14. The van der Waals surface area contributed by atoms with E-state index in [0.717, 1.165) is 6.29 Å². The Balaban J connectivity index is 2.19. The molecule has 1 saturated heterocycles. The first kappa shape index (κ1) is 10.7. The number of hydrogen-bond donors (Lipinski definition) is 1. The topological polar surface area (TPSA) is 72.5 Å². The van der Waals surface area contributed by atoms with Gasteiger partial charge in [-0.15, -0.1) is 0 Å². The predicted octanol–water partition coefficient (Wildman–Crippen LogP) is -0.213. The third-order valence-electron chi connectivity index (χ3n) is 2.00. The Bertz CT molecular complexity index is 239. The van der Waals surface area contributed by atoms with Crippen molar-refractivity contribution < 1.29 is 19.1 Å². The molecule has 0 saturated carbocycles. The molecule has 14 heavy (non-hydrogen) atoms. The summed E-state index contributed by atoms with van der Waals surface area (Å²) in [6, 6.07) is -0.487. The molecule has 5 nitrogen and oxygen atoms in total. The van der Waals surface area contributed by atoms with Crippen LogP contribution in [-0.2, 0) is 19.1 Å². The van der Waals surface area contributed by atoms with Gasteiger partial charge in [0.25, 0.3) is 0 Å². The van der Waals surface area contributed by atoms with Gasteiger partial charge in [0.1, 0.15) is 12.3 Å². The molecule has 1 fully saturated rings. The van der Waals surface area contributed by atoms with Crippen LogP contribution in [0.4, 0.5) is 0 Å². The molecule has 0 aromatic heterocycles. The van der Waals surface area contributed by atoms with Crippen molar-refractivity contribution in [1.29, 1.82) is 0 Å². The second kappa shape index (κ2) is 5.36. The van der Waals surface area contributed by atoms with Crippen molar-refractivity contribution in [3.05, 3.63) is 0 Å². The molecule has 1 atom stereocenters. The van der Waals surface area contributed by atoms with Gasteiger partial charge in [0, 0.05) is 19.3 Å². The second-order valence-electron chi connectivity index (χ2n) is 3.14. The normalized spacial score (nSPS) is 20.3. The molecule has 0 radical (unpaired) electrons. The van der Waals surface area contributed by atoms with Crippen LogP contribution in [0.25, 0.3) is 0 Å². The molecule has 1 N–H and O–H groups in total. The lowest BCUT2D eigenvalue weighted by atomic mass is 10.2. The molecule has 0 unspecified atom stereocenters. The number of rotatable bonds is 5. The lowest BCUT2D eigenvalue weighted by Crippen LogP contribution is -2.37. The molecule has 1 aliphatic rings. The van der Waals surface area contributed by atoms with E-state index in [1.54, 1.807) is 0 Å². The minimum Gasteiger partial charge on any atom is -0.464 e. The number of ether oxygens (including phenoxy) is 1. The average Bonchev–Trinajstić information content (AvgIpc) is 2.52. The molecule has 1 rings (SSSR count). The van der Waals surface area contributed by atoms with Crippen LogP contribution in [0.5, 0.6) is 0 Å². The van der Waals surface area contributed by atoms with E-state index in [9.17, 15) is 14.4 Å². The van der Waals surface area contributed by atoms with E-state index in [2.05, 4.69) is 10.1 Å². The van der Waals surface area contributed by atoms with Crippen LogP contribution in [0.15, 0.2) is 0 Å². The first-order chi connectivity index (χ1) is 6.74. The largest absolute Gasteiger partial charge is 0.464 e. The van der Waals surface area contributed by atoms with Crippen molar-refractivity contribution >= 4 is 18.2 Å². The van der Waals surface area contributed by atoms with Gasteiger partial charge in [-0.2, -0.15) is 0 Å². The zero-order valence-corrected chi connectivity index (χ0v) is 7.82. The maximum atomic E-state index is 11.2. The van der Waals surface area contributed by atoms with Crippen molar-refractivity contribution in [1.82, 2.24) is 5.32 Å². The Hall–Kier alpha value is -1.39. The molecule has 0 aliphatic carbocycles. The Labute approximate surface area is 81.8 Å². The monoisotopic (exact) mass is 199 g/mol. The van der Waals surface area contributed by atoms with Gasteiger partial charge in [-0.25, -0.2) is 4.79 Å². The van der Waals surface area contributed by atoms with Crippen molar-refractivity contribution in [2.75, 3.05) is 6.61 Å². The number of hydrogen-bond acceptors (Lipinski definition) is 4. The van der Waals surface area contributed by atoms with Crippen LogP contribution < -0.4 is 5.32 Å². The standard InChI is InChI=1S/C9H13NO4/c11-5-2-1-3-8(12)10-7-4-6-14-9(7)13/h5,7H,1-4,6H2,(H,10,12)/t7-/m0/s1. The molecular weight excluding hydrogens is 186 g/mol. The summed E-state index contributed by atoms with van der Waals surface area (Å²) in [4.78, 5) is 32.1. The lowest BCUT2D eigenvalue weighted by Gasteiger charge is -2.07. The fourth-order valence-electron chi connectivity index (χ4n) is 1.24. The highest BCUT2D eigenvalue weighted by atomic mass is 16.5. The lowest BCUT2D eigenvalue weighted by molar-refractivity contribution is -0.141. The van der Waals surface area contributed by atoms with Crippen molar-refractivity contribution in [2.24, 2.45) is 0 Å². The minimum atomic E-state index is -0.487. The number of cyclic esters (lactones) is 1. The van der Waals surface area contributed by atoms with Gasteiger partial charge in [0.2, 0.25) is 5.91 Å². The number of nitrogens with one attached hydrogen (secondary N) is 1. The summed E-state index contributed by atoms with van der Waals surface area (Å²) in [5.41, 5.74) is 0. The molecule has 1 amide bonds. The number of amides is 1. The predicted molar refractivity (Wildman–Crippen MR) is 47.4 cm³/mol. The van der Waals surface area contributed by atoms with Gasteiger partial charge >= 0.3 is 5.97 Å². The van der Waals surface area contributed by atoms with Crippen molar-refractivity contribution in [3.63, 3.8) is 0 Å². The molecule has 0 aromatic carbocycles. The van der Waals surface area contributed by atoms with E-state index in [1.807, 2.05) is 0 Å². The maximum Gasteiger partial charge on any atom is 0.328 e. The quantitative estimate of drug-likeness (QED) is 0.377. The van der Waals surface area contributed by atoms with Crippen LogP contribution in [0, 0.1) is 0 Å². The summed E-state index contributed by atoms with van der Waals surface area (Å²) < 4.78 is 4.68. The third-order valence-corrected chi connectivity index (χ3v) is 2.00. The molecular formula is C9H13NO4. The smallest absolute Gasteiger partial charge is 0.328 e. The van der Waals surface area contributed by atoms with Gasteiger partial charge in [-0.05, 0) is 6.42 Å². The summed E-state index contributed by atoms with van der Waals surface area (Å²) >= 11 is 0. The molecule has 0 aromatic rings. The highest BCUT2D eigenvalue weighted by Gasteiger charge is 2.27. The molecule has 0 spiro atoms. The molecule has 1 aliphatic heterocycles. The zero-order valence-electron chi connectivity index (χ0n) is 7.82. The SMILES string of the molecule is O=CCCCC(=O)N[C@H]1CCOC1=O. The van der Waals surface area contributed by atoms with Gasteiger partial charge in [0.05, 0.1) is 6.61 Å². The number of carbonyl (C=O) groups excluding carboxylic acids is 3. The first-order valence-corrected chi connectivity index (χ1v) is 4.63. The Morgan fingerprint density at radius 3 is 3.00 bits per heavy atom. The fourth-order valence-corrected chi connectivity index (χ4v) is 1.24. The van der Waals surface area contributed by atoms with Crippen LogP contribution in [0.1, 0.15) is 25.7 Å². The van der Waals surface area contributed by atoms with E-state index in [-0.39, 0.29) is 18.3 Å². The van der Waals surface area contributed by atoms with E-state index >= 15 is 0 Å². The Morgan fingerprint density at radius 1 is 1.64 bits per heavy atom. The number of aldehydes is 1. The summed E-state index contributed by atoms with van der Waals surface area (Å²) in [6.07, 6.45) is 2.50. The minimum absolute atomic E-state index is 0.198. The summed E-state index contributed by atoms with van der Waals surface area (Å²) in [5, 5.41) is 2.56. The van der Waals surface area contributed by atoms with Crippen molar-refractivity contribution in [2.45, 2.75) is 31.7 Å². The average molecular weight is 199 g/mol. The van der Waals surface area contributed by atoms with Crippen LogP contribution >= 0.6 is 0 Å². The van der Waals surface area contributed by atoms with Crippen LogP contribution in [-0.4, -0.2) is 30.8 Å². The van der Waals surface area contributed by atoms with Gasteiger partial charge in [0.15, 0.2) is 0 Å². The fraction of sp³-hybridized carbons (Fsp3) is 0.667. The number of esters is 1. The van der Waals surface area contributed by atoms with E-state index in [0.29, 0.717) is 25.9 Å². The zero-order chi connectivity index (χ0) is 10.4. The highest BCUT2D eigenvalue weighted by molar-refractivity contribution is 5.85. The number of carbonyl (C=O) groups is 3. The first-order valence-electron chi connectivity index (χ1n) is 4.63. The van der Waals surface area contributed by atoms with E-state index in [4.69, 9.17) is 0 Å². The highest BCUT2D eigenvalue weighted by Crippen LogP contribution is 2.06. The van der Waals surface area contributed by atoms with Crippen LogP contribution in [0.3, 0.4) is 0 Å². The summed E-state index contributed by atoms with van der Waals surface area (Å²) in [5.74, 6) is -0.565.